The first-order valence-electron chi connectivity index (χ1n) is 6.24. The van der Waals surface area contributed by atoms with E-state index in [0.29, 0.717) is 18.7 Å². The molecule has 1 aliphatic heterocycles. The second-order valence-electron chi connectivity index (χ2n) is 4.61. The maximum absolute atomic E-state index is 11.4. The Morgan fingerprint density at radius 2 is 2.06 bits per heavy atom. The average Bonchev–Trinajstić information content (AvgIpc) is 2.27. The molecule has 0 saturated carbocycles. The van der Waals surface area contributed by atoms with E-state index in [1.165, 1.54) is 0 Å². The van der Waals surface area contributed by atoms with Crippen LogP contribution in [0.1, 0.15) is 33.6 Å². The molecule has 0 radical (unpaired) electrons. The fourth-order valence-electron chi connectivity index (χ4n) is 2.02. The van der Waals surface area contributed by atoms with Crippen molar-refractivity contribution in [3.8, 4) is 0 Å². The molecule has 1 aliphatic rings. The van der Waals surface area contributed by atoms with E-state index < -0.39 is 0 Å². The van der Waals surface area contributed by atoms with Crippen molar-refractivity contribution in [1.82, 2.24) is 10.2 Å². The minimum Gasteiger partial charge on any atom is -0.372 e. The largest absolute Gasteiger partial charge is 0.372 e. The van der Waals surface area contributed by atoms with Crippen molar-refractivity contribution < 1.29 is 9.53 Å². The molecule has 4 heteroatoms. The first kappa shape index (κ1) is 13.5. The summed E-state index contributed by atoms with van der Waals surface area (Å²) < 4.78 is 5.07. The number of piperidine rings is 1. The molecule has 0 bridgehead atoms. The third-order valence-electron chi connectivity index (χ3n) is 3.06. The third-order valence-corrected chi connectivity index (χ3v) is 3.06. The molecule has 1 fully saturated rings. The van der Waals surface area contributed by atoms with Crippen LogP contribution in [0.5, 0.6) is 0 Å². The number of carbonyl (C=O) groups is 1. The lowest BCUT2D eigenvalue weighted by atomic mass is 10.0. The number of hydrogen-bond donors (Lipinski definition) is 1. The van der Waals surface area contributed by atoms with Crippen molar-refractivity contribution in [2.45, 2.75) is 45.7 Å². The van der Waals surface area contributed by atoms with Gasteiger partial charge in [0, 0.05) is 31.8 Å². The number of hydrogen-bond acceptors (Lipinski definition) is 3. The van der Waals surface area contributed by atoms with Gasteiger partial charge in [-0.05, 0) is 33.6 Å². The molecule has 1 saturated heterocycles. The maximum Gasteiger partial charge on any atom is 0.246 e. The number of likely N-dealkylation sites (tertiary alicyclic amines) is 1. The second kappa shape index (κ2) is 6.86. The average molecular weight is 228 g/mol. The number of ether oxygens (including phenoxy) is 1. The lowest BCUT2D eigenvalue weighted by Crippen LogP contribution is -2.47. The zero-order chi connectivity index (χ0) is 12.0. The summed E-state index contributed by atoms with van der Waals surface area (Å²) in [6, 6.07) is 0.947. The Bertz CT molecular complexity index is 211. The van der Waals surface area contributed by atoms with Crippen molar-refractivity contribution in [3.63, 3.8) is 0 Å². The van der Waals surface area contributed by atoms with Crippen LogP contribution in [0.2, 0.25) is 0 Å². The molecule has 1 amide bonds. The van der Waals surface area contributed by atoms with Gasteiger partial charge in [0.25, 0.3) is 0 Å². The van der Waals surface area contributed by atoms with Crippen molar-refractivity contribution in [2.24, 2.45) is 0 Å². The van der Waals surface area contributed by atoms with Crippen LogP contribution >= 0.6 is 0 Å². The van der Waals surface area contributed by atoms with E-state index in [1.54, 1.807) is 0 Å². The molecular formula is C12H24N2O2. The van der Waals surface area contributed by atoms with Crippen LogP contribution in [0, 0.1) is 0 Å². The van der Waals surface area contributed by atoms with Gasteiger partial charge in [0.15, 0.2) is 0 Å². The van der Waals surface area contributed by atoms with E-state index in [-0.39, 0.29) is 12.5 Å². The Balaban J connectivity index is 2.19. The fraction of sp³-hybridized carbons (Fsp3) is 0.917. The van der Waals surface area contributed by atoms with Gasteiger partial charge in [0.05, 0.1) is 0 Å². The van der Waals surface area contributed by atoms with Crippen molar-refractivity contribution in [1.29, 1.82) is 0 Å². The van der Waals surface area contributed by atoms with Crippen LogP contribution in [-0.2, 0) is 9.53 Å². The van der Waals surface area contributed by atoms with Crippen molar-refractivity contribution >= 4 is 5.91 Å². The lowest BCUT2D eigenvalue weighted by Gasteiger charge is -2.34. The van der Waals surface area contributed by atoms with Gasteiger partial charge >= 0.3 is 0 Å². The summed E-state index contributed by atoms with van der Waals surface area (Å²) in [6.45, 7) is 9.28. The van der Waals surface area contributed by atoms with Gasteiger partial charge in [-0.2, -0.15) is 0 Å². The molecule has 0 aromatic rings. The number of rotatable bonds is 5. The summed E-state index contributed by atoms with van der Waals surface area (Å²) in [6.07, 6.45) is 2.10. The van der Waals surface area contributed by atoms with Gasteiger partial charge < -0.3 is 15.0 Å². The van der Waals surface area contributed by atoms with Crippen LogP contribution in [0.25, 0.3) is 0 Å². The monoisotopic (exact) mass is 228 g/mol. The molecule has 1 N–H and O–H groups in total. The van der Waals surface area contributed by atoms with Gasteiger partial charge in [0.2, 0.25) is 5.91 Å². The highest BCUT2D eigenvalue weighted by Crippen LogP contribution is 2.12. The van der Waals surface area contributed by atoms with Crippen LogP contribution in [0.3, 0.4) is 0 Å². The van der Waals surface area contributed by atoms with E-state index in [2.05, 4.69) is 24.1 Å². The normalized spacial score (nSPS) is 19.0. The molecule has 4 nitrogen and oxygen atoms in total. The Morgan fingerprint density at radius 3 is 2.56 bits per heavy atom. The van der Waals surface area contributed by atoms with Crippen LogP contribution < -0.4 is 5.32 Å². The molecule has 0 aliphatic carbocycles. The van der Waals surface area contributed by atoms with E-state index in [0.717, 1.165) is 25.9 Å². The third kappa shape index (κ3) is 4.49. The molecule has 0 aromatic carbocycles. The Labute approximate surface area is 98.3 Å². The molecule has 1 heterocycles. The first-order chi connectivity index (χ1) is 7.63. The summed E-state index contributed by atoms with van der Waals surface area (Å²) in [4.78, 5) is 13.9. The molecule has 0 unspecified atom stereocenters. The Morgan fingerprint density at radius 1 is 1.44 bits per heavy atom. The second-order valence-corrected chi connectivity index (χ2v) is 4.61. The van der Waals surface area contributed by atoms with Gasteiger partial charge in [0.1, 0.15) is 6.61 Å². The minimum absolute atomic E-state index is 0.0184. The van der Waals surface area contributed by atoms with Gasteiger partial charge in [-0.3, -0.25) is 4.79 Å². The van der Waals surface area contributed by atoms with E-state index in [1.807, 2.05) is 6.92 Å². The number of nitrogens with zero attached hydrogens (tertiary/aromatic N) is 1. The maximum atomic E-state index is 11.4. The summed E-state index contributed by atoms with van der Waals surface area (Å²) in [7, 11) is 0. The molecule has 0 aromatic heterocycles. The predicted octanol–water partition coefficient (Wildman–Crippen LogP) is 1.01. The quantitative estimate of drug-likeness (QED) is 0.763. The SMILES string of the molecule is CCOCC(=O)NC1CCN(C(C)C)CC1. The zero-order valence-electron chi connectivity index (χ0n) is 10.7. The molecule has 94 valence electrons. The first-order valence-corrected chi connectivity index (χ1v) is 6.24. The summed E-state index contributed by atoms with van der Waals surface area (Å²) >= 11 is 0. The molecule has 0 spiro atoms. The zero-order valence-corrected chi connectivity index (χ0v) is 10.7. The Hall–Kier alpha value is -0.610. The van der Waals surface area contributed by atoms with E-state index in [4.69, 9.17) is 4.74 Å². The summed E-state index contributed by atoms with van der Waals surface area (Å²) in [5.74, 6) is 0.0184. The number of nitrogens with one attached hydrogen (secondary N) is 1. The number of carbonyl (C=O) groups excluding carboxylic acids is 1. The minimum atomic E-state index is 0.0184. The van der Waals surface area contributed by atoms with Gasteiger partial charge in [-0.25, -0.2) is 0 Å². The topological polar surface area (TPSA) is 41.6 Å². The predicted molar refractivity (Wildman–Crippen MR) is 64.4 cm³/mol. The van der Waals surface area contributed by atoms with E-state index >= 15 is 0 Å². The van der Waals surface area contributed by atoms with Gasteiger partial charge in [-0.15, -0.1) is 0 Å². The summed E-state index contributed by atoms with van der Waals surface area (Å²) in [5.41, 5.74) is 0. The smallest absolute Gasteiger partial charge is 0.246 e. The lowest BCUT2D eigenvalue weighted by molar-refractivity contribution is -0.126. The van der Waals surface area contributed by atoms with Crippen molar-refractivity contribution in [3.05, 3.63) is 0 Å². The fourth-order valence-corrected chi connectivity index (χ4v) is 2.02. The molecule has 1 rings (SSSR count). The van der Waals surface area contributed by atoms with Crippen LogP contribution in [-0.4, -0.2) is 49.2 Å². The summed E-state index contributed by atoms with van der Waals surface area (Å²) in [5, 5.41) is 3.02. The standard InChI is InChI=1S/C12H24N2O2/c1-4-16-9-12(15)13-11-5-7-14(8-6-11)10(2)3/h10-11H,4-9H2,1-3H3,(H,13,15). The molecule has 16 heavy (non-hydrogen) atoms. The highest BCUT2D eigenvalue weighted by molar-refractivity contribution is 5.77. The van der Waals surface area contributed by atoms with E-state index in [9.17, 15) is 4.79 Å². The highest BCUT2D eigenvalue weighted by Gasteiger charge is 2.21. The molecular weight excluding hydrogens is 204 g/mol. The highest BCUT2D eigenvalue weighted by atomic mass is 16.5. The Kier molecular flexibility index (Phi) is 5.77. The van der Waals surface area contributed by atoms with Gasteiger partial charge in [-0.1, -0.05) is 0 Å². The number of amides is 1. The van der Waals surface area contributed by atoms with Crippen LogP contribution in [0.15, 0.2) is 0 Å². The van der Waals surface area contributed by atoms with Crippen molar-refractivity contribution in [2.75, 3.05) is 26.3 Å². The van der Waals surface area contributed by atoms with Crippen LogP contribution in [0.4, 0.5) is 0 Å². The molecule has 0 atom stereocenters.